The summed E-state index contributed by atoms with van der Waals surface area (Å²) < 4.78 is 21.8. The molecule has 0 spiro atoms. The molecule has 5 heterocycles. The van der Waals surface area contributed by atoms with Crippen LogP contribution in [0, 0.1) is 23.7 Å². The Morgan fingerprint density at radius 2 is 1.77 bits per heavy atom. The first-order valence-electron chi connectivity index (χ1n) is 23.2. The number of aryl methyl sites for hydroxylation is 3. The van der Waals surface area contributed by atoms with Crippen LogP contribution in [0.3, 0.4) is 0 Å². The average molecular weight is 862 g/mol. The quantitative estimate of drug-likeness (QED) is 0.0970. The van der Waals surface area contributed by atoms with Crippen LogP contribution in [0.4, 0.5) is 0 Å². The van der Waals surface area contributed by atoms with E-state index in [0.29, 0.717) is 49.7 Å². The second-order valence-corrected chi connectivity index (χ2v) is 18.6. The Balaban J connectivity index is 1.12. The standard InChI is InChI=1S/C54H59N3O7/c55-52-26-38-13-10-34(8-9-35-11-17-44(59)18-12-35)4-3-6-46-27-45(60)19-15-37-25-51(50(61)24-40(37)30-58)64-31-41-23-43(22-39-28-57(29-47(39)41)53(56-52)48(38)33-63-46)54-20-21-62-32-42(54)16-14-36-5-1-2-7-49(36)54/h1-2,5,7,11-12,17-18,22-26,28-29,34,42,45-46,52,56,58-61H,3-4,6,8-9,14-16,19-21,27,30-33,55H2/t34-,42+,45+,46-,52?,54+/m0/s1. The van der Waals surface area contributed by atoms with Crippen LogP contribution >= 0.6 is 0 Å². The second kappa shape index (κ2) is 18.1. The molecular weight excluding hydrogens is 803 g/mol. The van der Waals surface area contributed by atoms with Crippen molar-refractivity contribution < 1.29 is 34.6 Å². The minimum absolute atomic E-state index is 0.0343. The van der Waals surface area contributed by atoms with Crippen molar-refractivity contribution in [3.63, 3.8) is 0 Å². The van der Waals surface area contributed by atoms with Crippen LogP contribution in [0.1, 0.15) is 90.3 Å². The number of aromatic nitrogens is 1. The number of nitrogens with zero attached hydrogens (tertiary/aromatic N) is 1. The molecule has 6 atom stereocenters. The Labute approximate surface area is 375 Å². The molecule has 332 valence electrons. The summed E-state index contributed by atoms with van der Waals surface area (Å²) >= 11 is 0. The van der Waals surface area contributed by atoms with Crippen LogP contribution in [-0.2, 0) is 47.4 Å². The van der Waals surface area contributed by atoms with Crippen molar-refractivity contribution in [2.24, 2.45) is 17.6 Å². The number of fused-ring (bicyclic) bond motifs is 9. The number of hydrogen-bond acceptors (Lipinski definition) is 9. The van der Waals surface area contributed by atoms with E-state index < -0.39 is 12.3 Å². The fraction of sp³-hybridized carbons (Fsp3) is 0.407. The van der Waals surface area contributed by atoms with Crippen molar-refractivity contribution in [1.82, 2.24) is 9.88 Å². The third kappa shape index (κ3) is 8.44. The van der Waals surface area contributed by atoms with Gasteiger partial charge in [0.2, 0.25) is 0 Å². The number of aromatic hydroxyl groups is 2. The lowest BCUT2D eigenvalue weighted by Gasteiger charge is -2.49. The van der Waals surface area contributed by atoms with Gasteiger partial charge in [-0.05, 0) is 152 Å². The number of phenolic OH excluding ortho intramolecular Hbond substituents is 2. The number of rotatable bonds is 5. The molecule has 64 heavy (non-hydrogen) atoms. The molecule has 1 fully saturated rings. The fourth-order valence-corrected chi connectivity index (χ4v) is 11.1. The molecular formula is C54H59N3O7. The number of dihydropyridines is 1. The zero-order valence-electron chi connectivity index (χ0n) is 36.4. The van der Waals surface area contributed by atoms with Crippen LogP contribution in [-0.4, -0.2) is 63.2 Å². The van der Waals surface area contributed by atoms with Crippen molar-refractivity contribution in [2.75, 3.05) is 19.8 Å². The molecule has 4 aromatic carbocycles. The van der Waals surface area contributed by atoms with Gasteiger partial charge >= 0.3 is 0 Å². The van der Waals surface area contributed by atoms with Gasteiger partial charge in [-0.2, -0.15) is 0 Å². The Bertz CT molecular complexity index is 2650. The second-order valence-electron chi connectivity index (χ2n) is 18.6. The average Bonchev–Trinajstić information content (AvgIpc) is 3.74. The van der Waals surface area contributed by atoms with E-state index in [4.69, 9.17) is 19.9 Å². The Hall–Kier alpha value is -5.54. The van der Waals surface area contributed by atoms with Gasteiger partial charge in [-0.15, -0.1) is 0 Å². The van der Waals surface area contributed by atoms with Gasteiger partial charge in [-0.3, -0.25) is 0 Å². The summed E-state index contributed by atoms with van der Waals surface area (Å²) in [5, 5.41) is 48.8. The summed E-state index contributed by atoms with van der Waals surface area (Å²) in [4.78, 5) is 0. The number of nitrogens with one attached hydrogen (secondary N) is 1. The number of benzene rings is 4. The maximum atomic E-state index is 11.6. The summed E-state index contributed by atoms with van der Waals surface area (Å²) in [6, 6.07) is 24.4. The lowest BCUT2D eigenvalue weighted by Crippen LogP contribution is -2.47. The van der Waals surface area contributed by atoms with E-state index in [-0.39, 0.29) is 48.8 Å². The van der Waals surface area contributed by atoms with E-state index in [0.717, 1.165) is 95.8 Å². The third-order valence-corrected chi connectivity index (χ3v) is 14.6. The van der Waals surface area contributed by atoms with Crippen molar-refractivity contribution in [2.45, 2.75) is 108 Å². The summed E-state index contributed by atoms with van der Waals surface area (Å²) in [5.74, 6) is 9.04. The Kier molecular flexibility index (Phi) is 12.0. The van der Waals surface area contributed by atoms with E-state index in [1.807, 2.05) is 24.3 Å². The molecule has 0 saturated carbocycles. The molecule has 1 saturated heterocycles. The molecule has 7 N–H and O–H groups in total. The number of hydrogen-bond donors (Lipinski definition) is 6. The Morgan fingerprint density at radius 1 is 0.906 bits per heavy atom. The van der Waals surface area contributed by atoms with Crippen LogP contribution in [0.25, 0.3) is 16.6 Å². The molecule has 5 aliphatic rings. The number of nitrogens with two attached hydrogens (primary N) is 1. The van der Waals surface area contributed by atoms with Gasteiger partial charge in [0.1, 0.15) is 18.2 Å². The highest BCUT2D eigenvalue weighted by Crippen LogP contribution is 2.52. The molecule has 0 amide bonds. The predicted molar refractivity (Wildman–Crippen MR) is 247 cm³/mol. The monoisotopic (exact) mass is 861 g/mol. The van der Waals surface area contributed by atoms with Gasteiger partial charge in [0.25, 0.3) is 0 Å². The van der Waals surface area contributed by atoms with Crippen molar-refractivity contribution in [1.29, 1.82) is 0 Å². The summed E-state index contributed by atoms with van der Waals surface area (Å²) in [5.41, 5.74) is 15.9. The number of phenols is 2. The summed E-state index contributed by atoms with van der Waals surface area (Å²) in [7, 11) is 0. The molecule has 0 radical (unpaired) electrons. The molecule has 10 rings (SSSR count). The molecule has 1 aliphatic carbocycles. The lowest BCUT2D eigenvalue weighted by atomic mass is 9.57. The van der Waals surface area contributed by atoms with Gasteiger partial charge in [-0.1, -0.05) is 54.3 Å². The largest absolute Gasteiger partial charge is 0.508 e. The van der Waals surface area contributed by atoms with E-state index in [9.17, 15) is 20.4 Å². The van der Waals surface area contributed by atoms with Gasteiger partial charge in [0, 0.05) is 52.3 Å². The van der Waals surface area contributed by atoms with E-state index in [2.05, 4.69) is 70.5 Å². The first kappa shape index (κ1) is 42.4. The maximum absolute atomic E-state index is 11.6. The minimum atomic E-state index is -0.664. The molecule has 1 unspecified atom stereocenters. The maximum Gasteiger partial charge on any atom is 0.161 e. The van der Waals surface area contributed by atoms with E-state index in [1.54, 1.807) is 18.2 Å². The van der Waals surface area contributed by atoms with Crippen LogP contribution in [0.2, 0.25) is 0 Å². The molecule has 6 bridgehead atoms. The first-order valence-corrected chi connectivity index (χ1v) is 23.2. The predicted octanol–water partition coefficient (Wildman–Crippen LogP) is 7.89. The summed E-state index contributed by atoms with van der Waals surface area (Å²) in [6.07, 6.45) is 13.5. The molecule has 5 aromatic rings. The van der Waals surface area contributed by atoms with Gasteiger partial charge in [-0.25, -0.2) is 0 Å². The fourth-order valence-electron chi connectivity index (χ4n) is 11.1. The third-order valence-electron chi connectivity index (χ3n) is 14.6. The molecule has 10 nitrogen and oxygen atoms in total. The molecule has 10 heteroatoms. The SMILES string of the molecule is NC1C=C2C#C[C@H](CCc3ccc(O)cc3)CCC[C@H]3C[C@H](O)CCc4cc(c(O)cc4CO)OCc4cc([C@@]56CCOC[C@H]5CCc5ccccc56)cc5cn(cc45)C(=C2CO3)N1. The summed E-state index contributed by atoms with van der Waals surface area (Å²) in [6.45, 7) is 1.60. The topological polar surface area (TPSA) is 152 Å². The highest BCUT2D eigenvalue weighted by Gasteiger charge is 2.47. The number of aliphatic hydroxyl groups excluding tert-OH is 2. The van der Waals surface area contributed by atoms with Crippen LogP contribution < -0.4 is 15.8 Å². The first-order chi connectivity index (χ1) is 31.2. The normalized spacial score (nSPS) is 25.9. The number of ether oxygens (including phenoxy) is 3. The minimum Gasteiger partial charge on any atom is -0.508 e. The van der Waals surface area contributed by atoms with E-state index >= 15 is 0 Å². The molecule has 4 aliphatic heterocycles. The zero-order chi connectivity index (χ0) is 43.8. The van der Waals surface area contributed by atoms with Crippen molar-refractivity contribution in [3.8, 4) is 29.1 Å². The van der Waals surface area contributed by atoms with Crippen LogP contribution in [0.5, 0.6) is 17.2 Å². The van der Waals surface area contributed by atoms with Crippen molar-refractivity contribution >= 4 is 16.6 Å². The smallest absolute Gasteiger partial charge is 0.161 e. The Morgan fingerprint density at radius 3 is 2.64 bits per heavy atom. The van der Waals surface area contributed by atoms with Gasteiger partial charge in [0.05, 0.1) is 38.2 Å². The van der Waals surface area contributed by atoms with Crippen molar-refractivity contribution in [3.05, 3.63) is 141 Å². The zero-order valence-corrected chi connectivity index (χ0v) is 36.4. The van der Waals surface area contributed by atoms with Crippen LogP contribution in [0.15, 0.2) is 102 Å². The molecule has 1 aromatic heterocycles. The number of aliphatic hydroxyl groups is 2. The highest BCUT2D eigenvalue weighted by molar-refractivity contribution is 5.88. The lowest BCUT2D eigenvalue weighted by molar-refractivity contribution is 0.00498. The van der Waals surface area contributed by atoms with Gasteiger partial charge < -0.3 is 50.3 Å². The van der Waals surface area contributed by atoms with Gasteiger partial charge in [0.15, 0.2) is 11.5 Å². The van der Waals surface area contributed by atoms with E-state index in [1.165, 1.54) is 16.7 Å². The highest BCUT2D eigenvalue weighted by atomic mass is 16.5.